The normalized spacial score (nSPS) is 22.0. The van der Waals surface area contributed by atoms with E-state index in [9.17, 15) is 13.2 Å². The summed E-state index contributed by atoms with van der Waals surface area (Å²) >= 11 is 0. The molecule has 2 aliphatic rings. The van der Waals surface area contributed by atoms with Gasteiger partial charge < -0.3 is 20.1 Å². The van der Waals surface area contributed by atoms with Gasteiger partial charge in [-0.1, -0.05) is 0 Å². The molecule has 23 heavy (non-hydrogen) atoms. The van der Waals surface area contributed by atoms with Crippen molar-refractivity contribution in [1.82, 2.24) is 9.62 Å². The second kappa shape index (κ2) is 5.99. The molecular formula is C14H19N3O5S. The molecule has 2 aliphatic heterocycles. The molecule has 1 amide bonds. The first-order valence-corrected chi connectivity index (χ1v) is 8.74. The molecule has 9 heteroatoms. The van der Waals surface area contributed by atoms with Crippen molar-refractivity contribution in [2.75, 3.05) is 38.7 Å². The summed E-state index contributed by atoms with van der Waals surface area (Å²) in [5, 5.41) is 5.85. The number of ether oxygens (including phenoxy) is 2. The van der Waals surface area contributed by atoms with E-state index in [1.807, 2.05) is 6.92 Å². The predicted molar refractivity (Wildman–Crippen MR) is 83.3 cm³/mol. The molecule has 0 bridgehead atoms. The number of amides is 1. The van der Waals surface area contributed by atoms with Crippen LogP contribution in [0.1, 0.15) is 6.92 Å². The van der Waals surface area contributed by atoms with Crippen molar-refractivity contribution in [3.05, 3.63) is 12.1 Å². The van der Waals surface area contributed by atoms with Gasteiger partial charge in [-0.15, -0.1) is 0 Å². The van der Waals surface area contributed by atoms with Gasteiger partial charge in [0.25, 0.3) is 5.91 Å². The molecule has 0 radical (unpaired) electrons. The molecule has 1 aromatic carbocycles. The maximum Gasteiger partial charge on any atom is 0.262 e. The second-order valence-electron chi connectivity index (χ2n) is 5.55. The van der Waals surface area contributed by atoms with Crippen LogP contribution in [-0.2, 0) is 14.8 Å². The lowest BCUT2D eigenvalue weighted by Crippen LogP contribution is -2.51. The van der Waals surface area contributed by atoms with Crippen LogP contribution in [-0.4, -0.2) is 58.0 Å². The third-order valence-corrected chi connectivity index (χ3v) is 5.73. The number of hydrogen-bond acceptors (Lipinski definition) is 6. The van der Waals surface area contributed by atoms with Crippen molar-refractivity contribution in [3.63, 3.8) is 0 Å². The van der Waals surface area contributed by atoms with Crippen LogP contribution in [0.15, 0.2) is 17.0 Å². The predicted octanol–water partition coefficient (Wildman–Crippen LogP) is 0.00850. The fourth-order valence-electron chi connectivity index (χ4n) is 2.70. The molecule has 2 heterocycles. The van der Waals surface area contributed by atoms with Crippen LogP contribution in [0.5, 0.6) is 11.5 Å². The zero-order valence-corrected chi connectivity index (χ0v) is 13.8. The maximum atomic E-state index is 12.9. The Balaban J connectivity index is 2.02. The molecule has 1 saturated heterocycles. The summed E-state index contributed by atoms with van der Waals surface area (Å²) in [6.45, 7) is 3.18. The first kappa shape index (κ1) is 16.0. The molecule has 0 aromatic heterocycles. The van der Waals surface area contributed by atoms with Gasteiger partial charge in [0, 0.05) is 37.8 Å². The van der Waals surface area contributed by atoms with E-state index >= 15 is 0 Å². The highest BCUT2D eigenvalue weighted by Gasteiger charge is 2.32. The number of anilines is 1. The smallest absolute Gasteiger partial charge is 0.262 e. The number of hydrogen-bond donors (Lipinski definition) is 2. The molecule has 0 aliphatic carbocycles. The van der Waals surface area contributed by atoms with Gasteiger partial charge in [-0.25, -0.2) is 8.42 Å². The third-order valence-electron chi connectivity index (χ3n) is 3.85. The van der Waals surface area contributed by atoms with Crippen molar-refractivity contribution < 1.29 is 22.7 Å². The highest BCUT2D eigenvalue weighted by molar-refractivity contribution is 7.89. The van der Waals surface area contributed by atoms with Crippen molar-refractivity contribution in [3.8, 4) is 11.5 Å². The van der Waals surface area contributed by atoms with Gasteiger partial charge in [-0.3, -0.25) is 4.79 Å². The summed E-state index contributed by atoms with van der Waals surface area (Å²) in [5.41, 5.74) is 0.408. The number of carbonyl (C=O) groups excluding carboxylic acids is 1. The Bertz CT molecular complexity index is 734. The van der Waals surface area contributed by atoms with Crippen LogP contribution >= 0.6 is 0 Å². The van der Waals surface area contributed by atoms with Crippen molar-refractivity contribution >= 4 is 21.6 Å². The highest BCUT2D eigenvalue weighted by atomic mass is 32.2. The van der Waals surface area contributed by atoms with Crippen molar-refractivity contribution in [1.29, 1.82) is 0 Å². The van der Waals surface area contributed by atoms with E-state index in [0.29, 0.717) is 31.1 Å². The van der Waals surface area contributed by atoms with Gasteiger partial charge in [0.05, 0.1) is 12.8 Å². The number of nitrogens with one attached hydrogen (secondary N) is 2. The van der Waals surface area contributed by atoms with E-state index in [0.717, 1.165) is 0 Å². The summed E-state index contributed by atoms with van der Waals surface area (Å²) in [6, 6.07) is 2.97. The van der Waals surface area contributed by atoms with Gasteiger partial charge in [-0.05, 0) is 6.92 Å². The van der Waals surface area contributed by atoms with E-state index < -0.39 is 10.0 Å². The first-order valence-electron chi connectivity index (χ1n) is 7.30. The summed E-state index contributed by atoms with van der Waals surface area (Å²) < 4.78 is 37.8. The van der Waals surface area contributed by atoms with E-state index in [1.54, 1.807) is 0 Å². The quantitative estimate of drug-likeness (QED) is 0.804. The monoisotopic (exact) mass is 341 g/mol. The lowest BCUT2D eigenvalue weighted by Gasteiger charge is -2.31. The number of fused-ring (bicyclic) bond motifs is 1. The van der Waals surface area contributed by atoms with Crippen LogP contribution in [0.25, 0.3) is 0 Å². The number of nitrogens with zero attached hydrogens (tertiary/aromatic N) is 1. The Morgan fingerprint density at radius 3 is 2.87 bits per heavy atom. The minimum Gasteiger partial charge on any atom is -0.495 e. The van der Waals surface area contributed by atoms with Crippen LogP contribution in [0.3, 0.4) is 0 Å². The number of benzene rings is 1. The van der Waals surface area contributed by atoms with Crippen LogP contribution in [0, 0.1) is 0 Å². The van der Waals surface area contributed by atoms with Crippen LogP contribution < -0.4 is 20.1 Å². The van der Waals surface area contributed by atoms with E-state index in [1.165, 1.54) is 23.5 Å². The molecule has 8 nitrogen and oxygen atoms in total. The maximum absolute atomic E-state index is 12.9. The molecule has 2 N–H and O–H groups in total. The summed E-state index contributed by atoms with van der Waals surface area (Å²) in [4.78, 5) is 11.4. The Kier molecular flexibility index (Phi) is 4.17. The lowest BCUT2D eigenvalue weighted by atomic mass is 10.2. The van der Waals surface area contributed by atoms with Gasteiger partial charge in [0.15, 0.2) is 6.61 Å². The Morgan fingerprint density at radius 2 is 2.17 bits per heavy atom. The molecule has 126 valence electrons. The van der Waals surface area contributed by atoms with Crippen LogP contribution in [0.2, 0.25) is 0 Å². The van der Waals surface area contributed by atoms with E-state index in [2.05, 4.69) is 10.6 Å². The van der Waals surface area contributed by atoms with E-state index in [4.69, 9.17) is 9.47 Å². The van der Waals surface area contributed by atoms with E-state index in [-0.39, 0.29) is 29.2 Å². The molecule has 1 aromatic rings. The molecular weight excluding hydrogens is 322 g/mol. The minimum atomic E-state index is -3.71. The van der Waals surface area contributed by atoms with Gasteiger partial charge in [0.1, 0.15) is 16.4 Å². The standard InChI is InChI=1S/C14H19N3O5S/c1-9-7-17(4-3-15-9)23(19,20)13-6-11-10(5-12(13)21-2)16-14(18)8-22-11/h5-6,9,15H,3-4,7-8H2,1-2H3,(H,16,18). The number of sulfonamides is 1. The minimum absolute atomic E-state index is 0.0454. The Hall–Kier alpha value is -1.84. The summed E-state index contributed by atoms with van der Waals surface area (Å²) in [6.07, 6.45) is 0. The zero-order chi connectivity index (χ0) is 16.6. The second-order valence-corrected chi connectivity index (χ2v) is 7.46. The SMILES string of the molecule is COc1cc2c(cc1S(=O)(=O)N1CCNC(C)C1)OCC(=O)N2. The molecule has 0 spiro atoms. The van der Waals surface area contributed by atoms with Gasteiger partial charge >= 0.3 is 0 Å². The molecule has 3 rings (SSSR count). The fraction of sp³-hybridized carbons (Fsp3) is 0.500. The van der Waals surface area contributed by atoms with Crippen LogP contribution in [0.4, 0.5) is 5.69 Å². The largest absolute Gasteiger partial charge is 0.495 e. The molecule has 1 atom stereocenters. The average molecular weight is 341 g/mol. The number of methoxy groups -OCH3 is 1. The average Bonchev–Trinajstić information content (AvgIpc) is 2.53. The number of carbonyl (C=O) groups is 1. The third kappa shape index (κ3) is 2.99. The summed E-state index contributed by atoms with van der Waals surface area (Å²) in [7, 11) is -2.31. The van der Waals surface area contributed by atoms with Gasteiger partial charge in [-0.2, -0.15) is 4.31 Å². The fourth-order valence-corrected chi connectivity index (χ4v) is 4.39. The van der Waals surface area contributed by atoms with Crippen molar-refractivity contribution in [2.45, 2.75) is 17.9 Å². The zero-order valence-electron chi connectivity index (χ0n) is 13.0. The van der Waals surface area contributed by atoms with Gasteiger partial charge in [0.2, 0.25) is 10.0 Å². The highest BCUT2D eigenvalue weighted by Crippen LogP contribution is 2.38. The Labute approximate surface area is 134 Å². The first-order chi connectivity index (χ1) is 10.9. The van der Waals surface area contributed by atoms with Crippen molar-refractivity contribution in [2.24, 2.45) is 0 Å². The number of piperazine rings is 1. The number of rotatable bonds is 3. The summed E-state index contributed by atoms with van der Waals surface area (Å²) in [5.74, 6) is 0.221. The molecule has 1 unspecified atom stereocenters. The Morgan fingerprint density at radius 1 is 1.39 bits per heavy atom. The lowest BCUT2D eigenvalue weighted by molar-refractivity contribution is -0.118. The molecule has 0 saturated carbocycles. The molecule has 1 fully saturated rings. The topological polar surface area (TPSA) is 97.0 Å².